The number of pyridine rings is 1. The predicted octanol–water partition coefficient (Wildman–Crippen LogP) is 3.85. The molecule has 0 aliphatic rings. The van der Waals surface area contributed by atoms with E-state index in [4.69, 9.17) is 11.6 Å². The van der Waals surface area contributed by atoms with Gasteiger partial charge < -0.3 is 15.3 Å². The van der Waals surface area contributed by atoms with E-state index in [-0.39, 0.29) is 12.6 Å². The van der Waals surface area contributed by atoms with Crippen LogP contribution in [0.1, 0.15) is 25.0 Å². The first-order valence-corrected chi connectivity index (χ1v) is 8.07. The van der Waals surface area contributed by atoms with Gasteiger partial charge in [-0.05, 0) is 38.0 Å². The highest BCUT2D eigenvalue weighted by molar-refractivity contribution is 6.29. The highest BCUT2D eigenvalue weighted by Gasteiger charge is 2.23. The first-order valence-electron chi connectivity index (χ1n) is 7.69. The molecule has 0 spiro atoms. The maximum absolute atomic E-state index is 12.7. The molecule has 1 heterocycles. The van der Waals surface area contributed by atoms with Crippen LogP contribution < -0.4 is 5.32 Å². The average Bonchev–Trinajstić information content (AvgIpc) is 2.49. The van der Waals surface area contributed by atoms with Gasteiger partial charge in [0.1, 0.15) is 5.15 Å². The Morgan fingerprint density at radius 1 is 1.33 bits per heavy atom. The minimum absolute atomic E-state index is 0.202. The first kappa shape index (κ1) is 18.2. The lowest BCUT2D eigenvalue weighted by Gasteiger charge is -2.29. The number of hydrogen-bond donors (Lipinski definition) is 2. The molecule has 0 bridgehead atoms. The third-order valence-electron chi connectivity index (χ3n) is 3.40. The molecule has 1 aromatic heterocycles. The normalized spacial score (nSPS) is 11.2. The predicted molar refractivity (Wildman–Crippen MR) is 96.2 cm³/mol. The number of benzene rings is 1. The molecule has 0 radical (unpaired) electrons. The van der Waals surface area contributed by atoms with Crippen molar-refractivity contribution in [3.8, 4) is 0 Å². The molecular formula is C18H22ClN3O2. The molecule has 6 heteroatoms. The quantitative estimate of drug-likeness (QED) is 0.807. The van der Waals surface area contributed by atoms with Gasteiger partial charge in [0.15, 0.2) is 0 Å². The number of aliphatic hydroxyl groups is 1. The van der Waals surface area contributed by atoms with Gasteiger partial charge in [0.2, 0.25) is 0 Å². The van der Waals surface area contributed by atoms with Crippen molar-refractivity contribution in [2.45, 2.75) is 32.9 Å². The van der Waals surface area contributed by atoms with Crippen molar-refractivity contribution in [3.05, 3.63) is 58.9 Å². The third kappa shape index (κ3) is 5.51. The summed E-state index contributed by atoms with van der Waals surface area (Å²) in [6.45, 7) is 5.80. The number of aromatic nitrogens is 1. The molecule has 0 aliphatic heterocycles. The van der Waals surface area contributed by atoms with Crippen LogP contribution in [-0.4, -0.2) is 33.2 Å². The van der Waals surface area contributed by atoms with Crippen molar-refractivity contribution in [3.63, 3.8) is 0 Å². The van der Waals surface area contributed by atoms with Crippen LogP contribution in [0.5, 0.6) is 0 Å². The van der Waals surface area contributed by atoms with Gasteiger partial charge in [-0.25, -0.2) is 9.78 Å². The van der Waals surface area contributed by atoms with E-state index in [0.29, 0.717) is 17.4 Å². The van der Waals surface area contributed by atoms with Gasteiger partial charge in [0, 0.05) is 6.54 Å². The SMILES string of the molecule is Cc1cc(Cl)ncc1NC(=O)N(Cc1ccccc1)CC(C)(C)O. The summed E-state index contributed by atoms with van der Waals surface area (Å²) in [5, 5.41) is 13.3. The second-order valence-corrected chi connectivity index (χ2v) is 6.79. The van der Waals surface area contributed by atoms with Crippen LogP contribution in [0.25, 0.3) is 0 Å². The summed E-state index contributed by atoms with van der Waals surface area (Å²) in [4.78, 5) is 18.2. The number of halogens is 1. The number of urea groups is 1. The molecule has 0 unspecified atom stereocenters. The summed E-state index contributed by atoms with van der Waals surface area (Å²) in [5.74, 6) is 0. The topological polar surface area (TPSA) is 65.5 Å². The largest absolute Gasteiger partial charge is 0.389 e. The Morgan fingerprint density at radius 2 is 2.00 bits per heavy atom. The molecule has 24 heavy (non-hydrogen) atoms. The summed E-state index contributed by atoms with van der Waals surface area (Å²) >= 11 is 5.84. The Balaban J connectivity index is 2.17. The molecule has 0 atom stereocenters. The first-order chi connectivity index (χ1) is 11.2. The summed E-state index contributed by atoms with van der Waals surface area (Å²) in [5.41, 5.74) is 1.41. The molecule has 0 fully saturated rings. The van der Waals surface area contributed by atoms with Crippen LogP contribution in [0.2, 0.25) is 5.15 Å². The number of carbonyl (C=O) groups is 1. The molecule has 2 rings (SSSR count). The molecule has 0 aliphatic carbocycles. The zero-order chi connectivity index (χ0) is 17.7. The molecule has 2 N–H and O–H groups in total. The molecular weight excluding hydrogens is 326 g/mol. The molecule has 0 saturated heterocycles. The number of aryl methyl sites for hydroxylation is 1. The lowest BCUT2D eigenvalue weighted by atomic mass is 10.1. The van der Waals surface area contributed by atoms with Crippen molar-refractivity contribution < 1.29 is 9.90 Å². The number of nitrogens with one attached hydrogen (secondary N) is 1. The lowest BCUT2D eigenvalue weighted by molar-refractivity contribution is 0.0469. The van der Waals surface area contributed by atoms with Crippen LogP contribution >= 0.6 is 11.6 Å². The third-order valence-corrected chi connectivity index (χ3v) is 3.61. The molecule has 0 saturated carbocycles. The van der Waals surface area contributed by atoms with Crippen molar-refractivity contribution in [2.24, 2.45) is 0 Å². The molecule has 128 valence electrons. The summed E-state index contributed by atoms with van der Waals surface area (Å²) in [6, 6.07) is 11.0. The van der Waals surface area contributed by atoms with E-state index in [1.165, 1.54) is 6.20 Å². The minimum atomic E-state index is -1.00. The van der Waals surface area contributed by atoms with Crippen LogP contribution in [0.4, 0.5) is 10.5 Å². The number of carbonyl (C=O) groups excluding carboxylic acids is 1. The summed E-state index contributed by atoms with van der Waals surface area (Å²) < 4.78 is 0. The van der Waals surface area contributed by atoms with Crippen LogP contribution in [0.3, 0.4) is 0 Å². The Morgan fingerprint density at radius 3 is 2.58 bits per heavy atom. The van der Waals surface area contributed by atoms with Crippen LogP contribution in [-0.2, 0) is 6.54 Å². The van der Waals surface area contributed by atoms with Crippen molar-refractivity contribution in [1.82, 2.24) is 9.88 Å². The van der Waals surface area contributed by atoms with Crippen LogP contribution in [0.15, 0.2) is 42.6 Å². The Labute approximate surface area is 147 Å². The second-order valence-electron chi connectivity index (χ2n) is 6.41. The standard InChI is InChI=1S/C18H22ClN3O2/c1-13-9-16(19)20-10-15(13)21-17(23)22(12-18(2,3)24)11-14-7-5-4-6-8-14/h4-10,24H,11-12H2,1-3H3,(H,21,23). The zero-order valence-corrected chi connectivity index (χ0v) is 14.8. The van der Waals surface area contributed by atoms with E-state index < -0.39 is 5.60 Å². The number of nitrogens with zero attached hydrogens (tertiary/aromatic N) is 2. The fourth-order valence-corrected chi connectivity index (χ4v) is 2.53. The van der Waals surface area contributed by atoms with E-state index in [2.05, 4.69) is 10.3 Å². The van der Waals surface area contributed by atoms with Gasteiger partial charge in [0.25, 0.3) is 0 Å². The van der Waals surface area contributed by atoms with E-state index in [9.17, 15) is 9.90 Å². The molecule has 5 nitrogen and oxygen atoms in total. The maximum Gasteiger partial charge on any atom is 0.322 e. The minimum Gasteiger partial charge on any atom is -0.389 e. The highest BCUT2D eigenvalue weighted by Crippen LogP contribution is 2.18. The van der Waals surface area contributed by atoms with Gasteiger partial charge in [0.05, 0.1) is 24.0 Å². The fourth-order valence-electron chi connectivity index (χ4n) is 2.32. The Hall–Kier alpha value is -2.11. The van der Waals surface area contributed by atoms with E-state index in [0.717, 1.165) is 11.1 Å². The lowest BCUT2D eigenvalue weighted by Crippen LogP contribution is -2.43. The number of anilines is 1. The highest BCUT2D eigenvalue weighted by atomic mass is 35.5. The van der Waals surface area contributed by atoms with E-state index in [1.54, 1.807) is 24.8 Å². The zero-order valence-electron chi connectivity index (χ0n) is 14.1. The maximum atomic E-state index is 12.7. The fraction of sp³-hybridized carbons (Fsp3) is 0.333. The van der Waals surface area contributed by atoms with Crippen molar-refractivity contribution in [1.29, 1.82) is 0 Å². The summed E-state index contributed by atoms with van der Waals surface area (Å²) in [7, 11) is 0. The van der Waals surface area contributed by atoms with Crippen molar-refractivity contribution in [2.75, 3.05) is 11.9 Å². The smallest absolute Gasteiger partial charge is 0.322 e. The average molecular weight is 348 g/mol. The Bertz CT molecular complexity index is 699. The van der Waals surface area contributed by atoms with Gasteiger partial charge in [-0.15, -0.1) is 0 Å². The van der Waals surface area contributed by atoms with E-state index >= 15 is 0 Å². The molecule has 1 aromatic carbocycles. The second kappa shape index (κ2) is 7.64. The van der Waals surface area contributed by atoms with Crippen molar-refractivity contribution >= 4 is 23.3 Å². The van der Waals surface area contributed by atoms with Gasteiger partial charge >= 0.3 is 6.03 Å². The van der Waals surface area contributed by atoms with Gasteiger partial charge in [-0.3, -0.25) is 0 Å². The number of amides is 2. The molecule has 2 aromatic rings. The monoisotopic (exact) mass is 347 g/mol. The molecule has 2 amide bonds. The number of rotatable bonds is 5. The Kier molecular flexibility index (Phi) is 5.80. The van der Waals surface area contributed by atoms with Crippen LogP contribution in [0, 0.1) is 6.92 Å². The van der Waals surface area contributed by atoms with E-state index in [1.807, 2.05) is 37.3 Å². The summed E-state index contributed by atoms with van der Waals surface area (Å²) in [6.07, 6.45) is 1.53. The van der Waals surface area contributed by atoms with Gasteiger partial charge in [-0.2, -0.15) is 0 Å². The number of hydrogen-bond acceptors (Lipinski definition) is 3. The van der Waals surface area contributed by atoms with Gasteiger partial charge in [-0.1, -0.05) is 41.9 Å².